The van der Waals surface area contributed by atoms with Gasteiger partial charge in [0.25, 0.3) is 5.92 Å². The first-order valence-electron chi connectivity index (χ1n) is 11.7. The molecule has 0 radical (unpaired) electrons. The van der Waals surface area contributed by atoms with Gasteiger partial charge in [0.1, 0.15) is 5.82 Å². The van der Waals surface area contributed by atoms with Crippen molar-refractivity contribution in [3.05, 3.63) is 95.4 Å². The number of aromatic nitrogens is 5. The van der Waals surface area contributed by atoms with Gasteiger partial charge in [-0.05, 0) is 42.3 Å². The molecule has 0 saturated heterocycles. The summed E-state index contributed by atoms with van der Waals surface area (Å²) in [7, 11) is 1.81. The molecule has 7 nitrogen and oxygen atoms in total. The van der Waals surface area contributed by atoms with Crippen LogP contribution in [0.5, 0.6) is 0 Å². The normalized spacial score (nSPS) is 11.6. The van der Waals surface area contributed by atoms with Gasteiger partial charge in [-0.1, -0.05) is 30.3 Å². The number of fused-ring (bicyclic) bond motifs is 1. The molecule has 1 N–H and O–H groups in total. The average Bonchev–Trinajstić information content (AvgIpc) is 3.26. The van der Waals surface area contributed by atoms with Crippen molar-refractivity contribution in [2.24, 2.45) is 7.05 Å². The van der Waals surface area contributed by atoms with Crippen LogP contribution in [0.4, 0.5) is 20.3 Å². The average molecular weight is 499 g/mol. The third-order valence-electron chi connectivity index (χ3n) is 6.12. The lowest BCUT2D eigenvalue weighted by Gasteiger charge is -2.14. The highest BCUT2D eigenvalue weighted by molar-refractivity contribution is 5.99. The molecule has 5 rings (SSSR count). The molecular formula is C28H24F2N6O. The van der Waals surface area contributed by atoms with Gasteiger partial charge in [0, 0.05) is 55.2 Å². The minimum absolute atomic E-state index is 0.0118. The Kier molecular flexibility index (Phi) is 6.20. The Bertz CT molecular complexity index is 1610. The maximum Gasteiger partial charge on any atom is 0.270 e. The van der Waals surface area contributed by atoms with Crippen molar-refractivity contribution in [2.75, 3.05) is 5.32 Å². The van der Waals surface area contributed by atoms with Crippen molar-refractivity contribution < 1.29 is 13.6 Å². The topological polar surface area (TPSA) is 85.6 Å². The van der Waals surface area contributed by atoms with E-state index in [1.807, 2.05) is 25.1 Å². The van der Waals surface area contributed by atoms with Crippen LogP contribution >= 0.6 is 0 Å². The van der Waals surface area contributed by atoms with Crippen LogP contribution in [-0.4, -0.2) is 30.5 Å². The molecule has 0 spiro atoms. The summed E-state index contributed by atoms with van der Waals surface area (Å²) < 4.78 is 29.1. The number of nitrogens with one attached hydrogen (secondary N) is 1. The molecular weight excluding hydrogens is 474 g/mol. The molecule has 3 aromatic heterocycles. The van der Waals surface area contributed by atoms with Crippen molar-refractivity contribution in [1.82, 2.24) is 24.7 Å². The summed E-state index contributed by atoms with van der Waals surface area (Å²) in [6.45, 7) is 2.77. The van der Waals surface area contributed by atoms with Gasteiger partial charge in [-0.15, -0.1) is 0 Å². The quantitative estimate of drug-likeness (QED) is 0.277. The van der Waals surface area contributed by atoms with E-state index in [9.17, 15) is 13.6 Å². The Hall–Kier alpha value is -4.53. The Balaban J connectivity index is 1.47. The number of alkyl halides is 2. The van der Waals surface area contributed by atoms with Crippen LogP contribution in [0.3, 0.4) is 0 Å². The van der Waals surface area contributed by atoms with E-state index in [2.05, 4.69) is 20.4 Å². The number of aryl methyl sites for hydroxylation is 2. The first kappa shape index (κ1) is 24.2. The lowest BCUT2D eigenvalue weighted by Crippen LogP contribution is -2.09. The van der Waals surface area contributed by atoms with Gasteiger partial charge in [-0.2, -0.15) is 5.10 Å². The Labute approximate surface area is 212 Å². The first-order valence-corrected chi connectivity index (χ1v) is 11.7. The zero-order chi connectivity index (χ0) is 26.2. The molecule has 0 fully saturated rings. The van der Waals surface area contributed by atoms with E-state index in [0.29, 0.717) is 34.1 Å². The second kappa shape index (κ2) is 9.50. The molecule has 37 heavy (non-hydrogen) atoms. The van der Waals surface area contributed by atoms with Gasteiger partial charge in [0.2, 0.25) is 0 Å². The summed E-state index contributed by atoms with van der Waals surface area (Å²) in [5.41, 5.74) is 3.89. The molecule has 3 heterocycles. The Morgan fingerprint density at radius 1 is 1.05 bits per heavy atom. The first-order chi connectivity index (χ1) is 17.7. The minimum atomic E-state index is -2.97. The minimum Gasteiger partial charge on any atom is -0.339 e. The van der Waals surface area contributed by atoms with Crippen LogP contribution < -0.4 is 5.32 Å². The smallest absolute Gasteiger partial charge is 0.270 e. The van der Waals surface area contributed by atoms with Crippen LogP contribution in [0.15, 0.2) is 73.2 Å². The summed E-state index contributed by atoms with van der Waals surface area (Å²) >= 11 is 0. The van der Waals surface area contributed by atoms with Crippen molar-refractivity contribution >= 4 is 28.3 Å². The number of pyridine rings is 1. The molecule has 0 bridgehead atoms. The number of hydrogen-bond acceptors (Lipinski definition) is 6. The summed E-state index contributed by atoms with van der Waals surface area (Å²) in [5.74, 6) is -2.11. The summed E-state index contributed by atoms with van der Waals surface area (Å²) in [6, 6.07) is 15.0. The monoisotopic (exact) mass is 498 g/mol. The van der Waals surface area contributed by atoms with Crippen LogP contribution in [0, 0.1) is 6.92 Å². The van der Waals surface area contributed by atoms with Gasteiger partial charge in [0.05, 0.1) is 11.6 Å². The molecule has 2 aromatic carbocycles. The second-order valence-corrected chi connectivity index (χ2v) is 8.99. The fourth-order valence-corrected chi connectivity index (χ4v) is 4.04. The molecule has 5 aromatic rings. The van der Waals surface area contributed by atoms with Crippen LogP contribution in [0.2, 0.25) is 0 Å². The number of ketones is 1. The molecule has 0 atom stereocenters. The van der Waals surface area contributed by atoms with E-state index in [0.717, 1.165) is 23.4 Å². The molecule has 0 aliphatic rings. The van der Waals surface area contributed by atoms with Gasteiger partial charge >= 0.3 is 0 Å². The fraction of sp³-hybridized carbons (Fsp3) is 0.179. The van der Waals surface area contributed by atoms with Crippen molar-refractivity contribution in [3.63, 3.8) is 0 Å². The predicted molar refractivity (Wildman–Crippen MR) is 138 cm³/mol. The zero-order valence-electron chi connectivity index (χ0n) is 20.5. The molecule has 0 amide bonds. The van der Waals surface area contributed by atoms with Gasteiger partial charge in [-0.25, -0.2) is 18.7 Å². The summed E-state index contributed by atoms with van der Waals surface area (Å²) in [6.07, 6.45) is 5.07. The molecule has 0 unspecified atom stereocenters. The molecule has 9 heteroatoms. The number of anilines is 2. The SMILES string of the molecule is Cc1ccc(C(=O)Cc2cccc(C(C)(F)F)c2)cc1Nc1nc(-c2cccnc2)nc2c1cnn2C. The zero-order valence-corrected chi connectivity index (χ0v) is 20.5. The number of rotatable bonds is 7. The second-order valence-electron chi connectivity index (χ2n) is 8.99. The van der Waals surface area contributed by atoms with Crippen molar-refractivity contribution in [2.45, 2.75) is 26.2 Å². The van der Waals surface area contributed by atoms with Crippen LogP contribution in [-0.2, 0) is 19.4 Å². The van der Waals surface area contributed by atoms with E-state index >= 15 is 0 Å². The van der Waals surface area contributed by atoms with E-state index in [1.165, 1.54) is 12.1 Å². The molecule has 186 valence electrons. The van der Waals surface area contributed by atoms with Gasteiger partial charge < -0.3 is 5.32 Å². The number of halogens is 2. The number of hydrogen-bond donors (Lipinski definition) is 1. The van der Waals surface area contributed by atoms with E-state index in [4.69, 9.17) is 4.98 Å². The number of carbonyl (C=O) groups is 1. The molecule has 0 saturated carbocycles. The summed E-state index contributed by atoms with van der Waals surface area (Å²) in [5, 5.41) is 8.40. The maximum atomic E-state index is 13.7. The van der Waals surface area contributed by atoms with Gasteiger partial charge in [-0.3, -0.25) is 14.5 Å². The third-order valence-corrected chi connectivity index (χ3v) is 6.12. The fourth-order valence-electron chi connectivity index (χ4n) is 4.04. The van der Waals surface area contributed by atoms with E-state index in [1.54, 1.807) is 54.6 Å². The van der Waals surface area contributed by atoms with E-state index in [-0.39, 0.29) is 17.8 Å². The highest BCUT2D eigenvalue weighted by Crippen LogP contribution is 2.30. The van der Waals surface area contributed by atoms with Gasteiger partial charge in [0.15, 0.2) is 17.3 Å². The van der Waals surface area contributed by atoms with Crippen LogP contribution in [0.1, 0.15) is 34.0 Å². The number of nitrogens with zero attached hydrogens (tertiary/aromatic N) is 5. The maximum absolute atomic E-state index is 13.7. The predicted octanol–water partition coefficient (Wildman–Crippen LogP) is 6.01. The Morgan fingerprint density at radius 3 is 2.65 bits per heavy atom. The number of Topliss-reactive ketones (excluding diaryl/α,β-unsaturated/α-hetero) is 1. The van der Waals surface area contributed by atoms with Crippen LogP contribution in [0.25, 0.3) is 22.4 Å². The lowest BCUT2D eigenvalue weighted by atomic mass is 9.98. The third kappa shape index (κ3) is 5.06. The molecule has 0 aliphatic heterocycles. The summed E-state index contributed by atoms with van der Waals surface area (Å²) in [4.78, 5) is 26.6. The van der Waals surface area contributed by atoms with Crippen molar-refractivity contribution in [3.8, 4) is 11.4 Å². The highest BCUT2D eigenvalue weighted by atomic mass is 19.3. The highest BCUT2D eigenvalue weighted by Gasteiger charge is 2.24. The lowest BCUT2D eigenvalue weighted by molar-refractivity contribution is 0.0174. The largest absolute Gasteiger partial charge is 0.339 e. The molecule has 0 aliphatic carbocycles. The standard InChI is InChI=1S/C28H24F2N6O/c1-17-9-10-19(24(37)13-18-6-4-8-21(12-18)28(2,29)30)14-23(17)33-26-22-16-32-36(3)27(22)35-25(34-26)20-7-5-11-31-15-20/h4-12,14-16H,13H2,1-3H3,(H,33,34,35). The van der Waals surface area contributed by atoms with E-state index < -0.39 is 5.92 Å². The number of carbonyl (C=O) groups excluding carboxylic acids is 1. The van der Waals surface area contributed by atoms with Crippen molar-refractivity contribution in [1.29, 1.82) is 0 Å². The Morgan fingerprint density at radius 2 is 1.89 bits per heavy atom. The number of benzene rings is 2.